The van der Waals surface area contributed by atoms with Gasteiger partial charge in [0.1, 0.15) is 11.6 Å². The lowest BCUT2D eigenvalue weighted by Gasteiger charge is -2.07. The van der Waals surface area contributed by atoms with Crippen molar-refractivity contribution in [2.45, 2.75) is 19.3 Å². The van der Waals surface area contributed by atoms with E-state index in [1.165, 1.54) is 12.1 Å². The summed E-state index contributed by atoms with van der Waals surface area (Å²) in [4.78, 5) is 27.3. The van der Waals surface area contributed by atoms with Crippen molar-refractivity contribution in [2.24, 2.45) is 0 Å². The SMILES string of the molecule is O=C(CCCOc1cccc(F)c1)NCCC(=O)Nc1cccnc1. The Kier molecular flexibility index (Phi) is 7.37. The van der Waals surface area contributed by atoms with E-state index in [9.17, 15) is 14.0 Å². The number of rotatable bonds is 9. The minimum Gasteiger partial charge on any atom is -0.493 e. The summed E-state index contributed by atoms with van der Waals surface area (Å²) in [5.41, 5.74) is 0.619. The maximum absolute atomic E-state index is 13.0. The smallest absolute Gasteiger partial charge is 0.226 e. The van der Waals surface area contributed by atoms with Crippen molar-refractivity contribution in [1.29, 1.82) is 0 Å². The summed E-state index contributed by atoms with van der Waals surface area (Å²) >= 11 is 0. The highest BCUT2D eigenvalue weighted by molar-refractivity contribution is 5.90. The average Bonchev–Trinajstić information content (AvgIpc) is 2.60. The van der Waals surface area contributed by atoms with Crippen molar-refractivity contribution in [3.8, 4) is 5.75 Å². The van der Waals surface area contributed by atoms with Crippen molar-refractivity contribution in [2.75, 3.05) is 18.5 Å². The Labute approximate surface area is 145 Å². The Balaban J connectivity index is 1.54. The highest BCUT2D eigenvalue weighted by Gasteiger charge is 2.05. The Morgan fingerprint density at radius 3 is 2.76 bits per heavy atom. The molecule has 1 aromatic carbocycles. The zero-order valence-corrected chi connectivity index (χ0v) is 13.7. The fraction of sp³-hybridized carbons (Fsp3) is 0.278. The fourth-order valence-electron chi connectivity index (χ4n) is 2.04. The molecule has 0 fully saturated rings. The molecule has 7 heteroatoms. The van der Waals surface area contributed by atoms with Crippen LogP contribution in [0.5, 0.6) is 5.75 Å². The van der Waals surface area contributed by atoms with Gasteiger partial charge in [-0.25, -0.2) is 4.39 Å². The lowest BCUT2D eigenvalue weighted by molar-refractivity contribution is -0.121. The molecule has 132 valence electrons. The number of pyridine rings is 1. The number of ether oxygens (including phenoxy) is 1. The number of nitrogens with one attached hydrogen (secondary N) is 2. The molecule has 2 aromatic rings. The number of carbonyl (C=O) groups is 2. The van der Waals surface area contributed by atoms with E-state index in [0.717, 1.165) is 0 Å². The molecule has 0 saturated heterocycles. The first kappa shape index (κ1) is 18.4. The summed E-state index contributed by atoms with van der Waals surface area (Å²) in [5, 5.41) is 5.36. The summed E-state index contributed by atoms with van der Waals surface area (Å²) < 4.78 is 18.3. The Bertz CT molecular complexity index is 695. The molecule has 2 N–H and O–H groups in total. The number of nitrogens with zero attached hydrogens (tertiary/aromatic N) is 1. The van der Waals surface area contributed by atoms with E-state index >= 15 is 0 Å². The van der Waals surface area contributed by atoms with Crippen LogP contribution in [0.4, 0.5) is 10.1 Å². The summed E-state index contributed by atoms with van der Waals surface area (Å²) in [5.74, 6) is -0.271. The van der Waals surface area contributed by atoms with Gasteiger partial charge < -0.3 is 15.4 Å². The topological polar surface area (TPSA) is 80.3 Å². The molecule has 2 amide bonds. The quantitative estimate of drug-likeness (QED) is 0.685. The molecule has 0 aliphatic carbocycles. The first-order valence-corrected chi connectivity index (χ1v) is 7.98. The number of benzene rings is 1. The standard InChI is InChI=1S/C18H20FN3O3/c19-14-4-1-6-16(12-14)25-11-3-7-17(23)21-10-8-18(24)22-15-5-2-9-20-13-15/h1-2,4-6,9,12-13H,3,7-8,10-11H2,(H,21,23)(H,22,24). The zero-order valence-electron chi connectivity index (χ0n) is 13.7. The second kappa shape index (κ2) is 10.0. The van der Waals surface area contributed by atoms with E-state index in [0.29, 0.717) is 24.5 Å². The predicted molar refractivity (Wildman–Crippen MR) is 91.6 cm³/mol. The maximum Gasteiger partial charge on any atom is 0.226 e. The summed E-state index contributed by atoms with van der Waals surface area (Å²) in [7, 11) is 0. The predicted octanol–water partition coefficient (Wildman–Crippen LogP) is 2.52. The zero-order chi connectivity index (χ0) is 17.9. The number of halogens is 1. The van der Waals surface area contributed by atoms with Crippen LogP contribution in [0.25, 0.3) is 0 Å². The van der Waals surface area contributed by atoms with Crippen LogP contribution in [0, 0.1) is 5.82 Å². The molecule has 1 heterocycles. The Hall–Kier alpha value is -2.96. The Morgan fingerprint density at radius 2 is 2.00 bits per heavy atom. The lowest BCUT2D eigenvalue weighted by atomic mass is 10.3. The van der Waals surface area contributed by atoms with Crippen LogP contribution in [-0.4, -0.2) is 29.9 Å². The molecule has 2 rings (SSSR count). The average molecular weight is 345 g/mol. The monoisotopic (exact) mass is 345 g/mol. The number of carbonyl (C=O) groups excluding carboxylic acids is 2. The normalized spacial score (nSPS) is 10.1. The van der Waals surface area contributed by atoms with Crippen molar-refractivity contribution >= 4 is 17.5 Å². The maximum atomic E-state index is 13.0. The third kappa shape index (κ3) is 7.43. The summed E-state index contributed by atoms with van der Waals surface area (Å²) in [6.07, 6.45) is 4.13. The van der Waals surface area contributed by atoms with E-state index in [1.54, 1.807) is 36.7 Å². The van der Waals surface area contributed by atoms with Gasteiger partial charge in [0.2, 0.25) is 11.8 Å². The van der Waals surface area contributed by atoms with Crippen LogP contribution in [0.1, 0.15) is 19.3 Å². The highest BCUT2D eigenvalue weighted by atomic mass is 19.1. The minimum absolute atomic E-state index is 0.156. The molecule has 6 nitrogen and oxygen atoms in total. The molecule has 0 spiro atoms. The molecule has 0 atom stereocenters. The van der Waals surface area contributed by atoms with Gasteiger partial charge in [-0.2, -0.15) is 0 Å². The van der Waals surface area contributed by atoms with Gasteiger partial charge in [0, 0.05) is 31.6 Å². The molecular formula is C18H20FN3O3. The third-order valence-corrected chi connectivity index (χ3v) is 3.23. The van der Waals surface area contributed by atoms with Crippen LogP contribution >= 0.6 is 0 Å². The molecule has 1 aromatic heterocycles. The number of amides is 2. The van der Waals surface area contributed by atoms with Crippen LogP contribution in [0.3, 0.4) is 0 Å². The first-order chi connectivity index (χ1) is 12.1. The first-order valence-electron chi connectivity index (χ1n) is 7.98. The number of hydrogen-bond donors (Lipinski definition) is 2. The van der Waals surface area contributed by atoms with Crippen LogP contribution in [-0.2, 0) is 9.59 Å². The van der Waals surface area contributed by atoms with Crippen LogP contribution in [0.2, 0.25) is 0 Å². The van der Waals surface area contributed by atoms with E-state index in [4.69, 9.17) is 4.74 Å². The van der Waals surface area contributed by atoms with Gasteiger partial charge in [0.25, 0.3) is 0 Å². The Morgan fingerprint density at radius 1 is 1.12 bits per heavy atom. The van der Waals surface area contributed by atoms with Crippen LogP contribution in [0.15, 0.2) is 48.8 Å². The highest BCUT2D eigenvalue weighted by Crippen LogP contribution is 2.12. The lowest BCUT2D eigenvalue weighted by Crippen LogP contribution is -2.27. The van der Waals surface area contributed by atoms with Gasteiger partial charge in [-0.1, -0.05) is 6.07 Å². The molecule has 0 radical (unpaired) electrons. The number of hydrogen-bond acceptors (Lipinski definition) is 4. The number of anilines is 1. The van der Waals surface area contributed by atoms with Crippen LogP contribution < -0.4 is 15.4 Å². The minimum atomic E-state index is -0.361. The molecular weight excluding hydrogens is 325 g/mol. The molecule has 0 bridgehead atoms. The summed E-state index contributed by atoms with van der Waals surface area (Å²) in [6.45, 7) is 0.577. The second-order valence-electron chi connectivity index (χ2n) is 5.30. The van der Waals surface area contributed by atoms with Gasteiger partial charge in [0.15, 0.2) is 0 Å². The van der Waals surface area contributed by atoms with Gasteiger partial charge >= 0.3 is 0 Å². The number of aromatic nitrogens is 1. The molecule has 25 heavy (non-hydrogen) atoms. The second-order valence-corrected chi connectivity index (χ2v) is 5.30. The molecule has 0 saturated carbocycles. The molecule has 0 aliphatic heterocycles. The van der Waals surface area contributed by atoms with E-state index in [2.05, 4.69) is 15.6 Å². The van der Waals surface area contributed by atoms with E-state index in [1.807, 2.05) is 0 Å². The van der Waals surface area contributed by atoms with Crippen molar-refractivity contribution in [1.82, 2.24) is 10.3 Å². The van der Waals surface area contributed by atoms with Gasteiger partial charge in [-0.3, -0.25) is 14.6 Å². The summed E-state index contributed by atoms with van der Waals surface area (Å²) in [6, 6.07) is 9.31. The van der Waals surface area contributed by atoms with Gasteiger partial charge in [0.05, 0.1) is 18.5 Å². The van der Waals surface area contributed by atoms with Gasteiger partial charge in [-0.05, 0) is 30.7 Å². The largest absolute Gasteiger partial charge is 0.493 e. The molecule has 0 aliphatic rings. The van der Waals surface area contributed by atoms with Crippen molar-refractivity contribution in [3.05, 3.63) is 54.6 Å². The van der Waals surface area contributed by atoms with E-state index in [-0.39, 0.29) is 37.0 Å². The van der Waals surface area contributed by atoms with Crippen molar-refractivity contribution in [3.63, 3.8) is 0 Å². The fourth-order valence-corrected chi connectivity index (χ4v) is 2.04. The third-order valence-electron chi connectivity index (χ3n) is 3.23. The van der Waals surface area contributed by atoms with Crippen molar-refractivity contribution < 1.29 is 18.7 Å². The van der Waals surface area contributed by atoms with E-state index < -0.39 is 0 Å². The van der Waals surface area contributed by atoms with Gasteiger partial charge in [-0.15, -0.1) is 0 Å². The molecule has 0 unspecified atom stereocenters.